The molecule has 3 aromatic heterocycles. The molecule has 31 heavy (non-hydrogen) atoms. The van der Waals surface area contributed by atoms with Gasteiger partial charge in [0.1, 0.15) is 23.4 Å². The van der Waals surface area contributed by atoms with Gasteiger partial charge in [0.2, 0.25) is 0 Å². The van der Waals surface area contributed by atoms with Crippen molar-refractivity contribution in [2.45, 2.75) is 25.1 Å². The molecule has 1 aromatic carbocycles. The highest BCUT2D eigenvalue weighted by molar-refractivity contribution is 5.82. The van der Waals surface area contributed by atoms with E-state index in [1.54, 1.807) is 18.6 Å². The fourth-order valence-electron chi connectivity index (χ4n) is 3.91. The van der Waals surface area contributed by atoms with Gasteiger partial charge in [0.25, 0.3) is 0 Å². The van der Waals surface area contributed by atoms with Crippen molar-refractivity contribution < 1.29 is 17.9 Å². The van der Waals surface area contributed by atoms with E-state index in [0.717, 1.165) is 43.1 Å². The molecule has 1 aliphatic heterocycles. The number of fused-ring (bicyclic) bond motifs is 1. The Hall–Kier alpha value is -3.63. The molecule has 1 aliphatic rings. The summed E-state index contributed by atoms with van der Waals surface area (Å²) in [5.41, 5.74) is 2.70. The molecule has 0 bridgehead atoms. The van der Waals surface area contributed by atoms with E-state index in [4.69, 9.17) is 0 Å². The summed E-state index contributed by atoms with van der Waals surface area (Å²) in [6, 6.07) is 5.85. The van der Waals surface area contributed by atoms with Crippen LogP contribution in [-0.4, -0.2) is 49.4 Å². The molecule has 1 saturated heterocycles. The first kappa shape index (κ1) is 19.3. The Kier molecular flexibility index (Phi) is 4.72. The van der Waals surface area contributed by atoms with Gasteiger partial charge in [-0.3, -0.25) is 0 Å². The lowest BCUT2D eigenvalue weighted by molar-refractivity contribution is -0.274. The number of nitrogens with zero attached hydrogens (tertiary/aromatic N) is 5. The largest absolute Gasteiger partial charge is 0.573 e. The van der Waals surface area contributed by atoms with Crippen molar-refractivity contribution in [1.29, 1.82) is 0 Å². The van der Waals surface area contributed by atoms with Crippen molar-refractivity contribution in [3.8, 4) is 17.0 Å². The zero-order valence-corrected chi connectivity index (χ0v) is 16.2. The van der Waals surface area contributed by atoms with E-state index in [1.807, 2.05) is 0 Å². The monoisotopic (exact) mass is 429 g/mol. The molecule has 4 heterocycles. The molecule has 4 aromatic rings. The van der Waals surface area contributed by atoms with E-state index in [9.17, 15) is 13.2 Å². The van der Waals surface area contributed by atoms with Crippen molar-refractivity contribution in [2.75, 3.05) is 18.0 Å². The Bertz CT molecular complexity index is 1190. The highest BCUT2D eigenvalue weighted by atomic mass is 19.4. The second kappa shape index (κ2) is 7.56. The number of aromatic amines is 2. The topological polar surface area (TPSA) is 95.6 Å². The Morgan fingerprint density at radius 3 is 2.71 bits per heavy atom. The second-order valence-electron chi connectivity index (χ2n) is 7.32. The summed E-state index contributed by atoms with van der Waals surface area (Å²) in [4.78, 5) is 25.8. The maximum absolute atomic E-state index is 12.5. The SMILES string of the molecule is FC(F)(F)Oc1cccc(-c2cnc(C3CCN(c4ncnc5nc[nH]c45)CC3)[nH]2)c1. The number of rotatable bonds is 4. The molecule has 8 nitrogen and oxygen atoms in total. The van der Waals surface area contributed by atoms with Gasteiger partial charge in [-0.2, -0.15) is 0 Å². The summed E-state index contributed by atoms with van der Waals surface area (Å²) >= 11 is 0. The van der Waals surface area contributed by atoms with E-state index in [0.29, 0.717) is 16.9 Å². The molecule has 11 heteroatoms. The number of benzene rings is 1. The Labute approximate surface area is 174 Å². The lowest BCUT2D eigenvalue weighted by Crippen LogP contribution is -2.34. The molecule has 0 radical (unpaired) electrons. The minimum absolute atomic E-state index is 0.221. The van der Waals surface area contributed by atoms with Crippen LogP contribution in [0.3, 0.4) is 0 Å². The Morgan fingerprint density at radius 2 is 1.90 bits per heavy atom. The van der Waals surface area contributed by atoms with Gasteiger partial charge < -0.3 is 19.6 Å². The first-order chi connectivity index (χ1) is 15.0. The number of ether oxygens (including phenoxy) is 1. The van der Waals surface area contributed by atoms with Crippen LogP contribution in [0, 0.1) is 0 Å². The van der Waals surface area contributed by atoms with Crippen molar-refractivity contribution in [1.82, 2.24) is 29.9 Å². The molecule has 5 rings (SSSR count). The maximum Gasteiger partial charge on any atom is 0.573 e. The molecule has 0 spiro atoms. The lowest BCUT2D eigenvalue weighted by Gasteiger charge is -2.32. The number of imidazole rings is 2. The molecule has 0 amide bonds. The van der Waals surface area contributed by atoms with Crippen LogP contribution in [0.1, 0.15) is 24.6 Å². The average Bonchev–Trinajstić information content (AvgIpc) is 3.42. The summed E-state index contributed by atoms with van der Waals surface area (Å²) in [6.07, 6.45) is 1.77. The molecule has 2 N–H and O–H groups in total. The smallest absolute Gasteiger partial charge is 0.406 e. The van der Waals surface area contributed by atoms with E-state index in [2.05, 4.69) is 39.5 Å². The minimum Gasteiger partial charge on any atom is -0.406 e. The molecular weight excluding hydrogens is 411 g/mol. The number of piperidine rings is 1. The Balaban J connectivity index is 1.28. The average molecular weight is 429 g/mol. The number of anilines is 1. The number of nitrogens with one attached hydrogen (secondary N) is 2. The number of hydrogen-bond donors (Lipinski definition) is 2. The summed E-state index contributed by atoms with van der Waals surface area (Å²) < 4.78 is 41.5. The lowest BCUT2D eigenvalue weighted by atomic mass is 9.96. The number of hydrogen-bond acceptors (Lipinski definition) is 6. The fourth-order valence-corrected chi connectivity index (χ4v) is 3.91. The van der Waals surface area contributed by atoms with Crippen LogP contribution in [0.4, 0.5) is 19.0 Å². The maximum atomic E-state index is 12.5. The first-order valence-electron chi connectivity index (χ1n) is 9.76. The summed E-state index contributed by atoms with van der Waals surface area (Å²) in [5, 5.41) is 0. The van der Waals surface area contributed by atoms with Gasteiger partial charge in [-0.25, -0.2) is 19.9 Å². The van der Waals surface area contributed by atoms with Crippen LogP contribution in [0.25, 0.3) is 22.4 Å². The number of aromatic nitrogens is 6. The predicted molar refractivity (Wildman–Crippen MR) is 107 cm³/mol. The molecule has 1 fully saturated rings. The van der Waals surface area contributed by atoms with Crippen molar-refractivity contribution in [3.05, 3.63) is 48.9 Å². The highest BCUT2D eigenvalue weighted by Crippen LogP contribution is 2.32. The number of H-pyrrole nitrogens is 2. The molecule has 0 aliphatic carbocycles. The third-order valence-corrected chi connectivity index (χ3v) is 5.36. The zero-order chi connectivity index (χ0) is 21.4. The van der Waals surface area contributed by atoms with Gasteiger partial charge in [0.15, 0.2) is 11.5 Å². The fraction of sp³-hybridized carbons (Fsp3) is 0.300. The molecule has 160 valence electrons. The Morgan fingerprint density at radius 1 is 1.06 bits per heavy atom. The van der Waals surface area contributed by atoms with Crippen LogP contribution >= 0.6 is 0 Å². The molecule has 0 unspecified atom stereocenters. The summed E-state index contributed by atoms with van der Waals surface area (Å²) in [7, 11) is 0. The predicted octanol–water partition coefficient (Wildman–Crippen LogP) is 4.03. The van der Waals surface area contributed by atoms with Crippen LogP contribution in [0.2, 0.25) is 0 Å². The van der Waals surface area contributed by atoms with E-state index >= 15 is 0 Å². The van der Waals surface area contributed by atoms with E-state index < -0.39 is 6.36 Å². The van der Waals surface area contributed by atoms with Crippen molar-refractivity contribution in [2.24, 2.45) is 0 Å². The molecular formula is C20H18F3N7O. The zero-order valence-electron chi connectivity index (χ0n) is 16.2. The van der Waals surface area contributed by atoms with Gasteiger partial charge in [-0.15, -0.1) is 13.2 Å². The normalized spacial score (nSPS) is 15.5. The second-order valence-corrected chi connectivity index (χ2v) is 7.32. The highest BCUT2D eigenvalue weighted by Gasteiger charge is 2.31. The minimum atomic E-state index is -4.73. The molecule has 0 saturated carbocycles. The number of halogens is 3. The van der Waals surface area contributed by atoms with Gasteiger partial charge >= 0.3 is 6.36 Å². The van der Waals surface area contributed by atoms with Gasteiger partial charge in [-0.1, -0.05) is 12.1 Å². The summed E-state index contributed by atoms with van der Waals surface area (Å²) in [5.74, 6) is 1.62. The standard InChI is InChI=1S/C20H18F3N7O/c21-20(22,23)31-14-3-1-2-13(8-14)15-9-24-17(29-15)12-4-6-30(7-5-12)19-16-18(26-10-25-16)27-11-28-19/h1-3,8-12H,4-7H2,(H,24,29)(H,25,26,27,28). The third-order valence-electron chi connectivity index (χ3n) is 5.36. The first-order valence-corrected chi connectivity index (χ1v) is 9.76. The van der Waals surface area contributed by atoms with E-state index in [1.165, 1.54) is 24.5 Å². The van der Waals surface area contributed by atoms with Crippen molar-refractivity contribution in [3.63, 3.8) is 0 Å². The van der Waals surface area contributed by atoms with Gasteiger partial charge in [0, 0.05) is 24.6 Å². The van der Waals surface area contributed by atoms with Crippen LogP contribution in [0.15, 0.2) is 43.1 Å². The third kappa shape index (κ3) is 4.03. The van der Waals surface area contributed by atoms with Gasteiger partial charge in [-0.05, 0) is 25.0 Å². The summed E-state index contributed by atoms with van der Waals surface area (Å²) in [6.45, 7) is 1.58. The van der Waals surface area contributed by atoms with Crippen molar-refractivity contribution >= 4 is 17.0 Å². The molecule has 0 atom stereocenters. The van der Waals surface area contributed by atoms with Crippen LogP contribution in [-0.2, 0) is 0 Å². The van der Waals surface area contributed by atoms with E-state index in [-0.39, 0.29) is 11.7 Å². The van der Waals surface area contributed by atoms with Crippen LogP contribution < -0.4 is 9.64 Å². The van der Waals surface area contributed by atoms with Gasteiger partial charge in [0.05, 0.1) is 18.2 Å². The van der Waals surface area contributed by atoms with Crippen LogP contribution in [0.5, 0.6) is 5.75 Å². The quantitative estimate of drug-likeness (QED) is 0.509. The number of alkyl halides is 3.